The fourth-order valence-electron chi connectivity index (χ4n) is 6.11. The maximum absolute atomic E-state index is 4.09. The Kier molecular flexibility index (Phi) is 4.04. The molecule has 0 aromatic carbocycles. The summed E-state index contributed by atoms with van der Waals surface area (Å²) in [4.78, 5) is 2.69. The molecule has 2 saturated carbocycles. The van der Waals surface area contributed by atoms with Gasteiger partial charge in [-0.05, 0) is 76.7 Å². The number of fused-ring (bicyclic) bond motifs is 2. The Bertz CT molecular complexity index is 337. The second-order valence-electron chi connectivity index (χ2n) is 8.72. The van der Waals surface area contributed by atoms with Gasteiger partial charge < -0.3 is 10.2 Å². The molecule has 2 atom stereocenters. The summed E-state index contributed by atoms with van der Waals surface area (Å²) >= 11 is 0. The van der Waals surface area contributed by atoms with E-state index in [1.165, 1.54) is 83.5 Å². The summed E-state index contributed by atoms with van der Waals surface area (Å²) in [6.45, 7) is 0. The minimum atomic E-state index is 0.793. The Morgan fingerprint density at radius 1 is 0.762 bits per heavy atom. The molecule has 2 aliphatic carbocycles. The van der Waals surface area contributed by atoms with Crippen molar-refractivity contribution >= 4 is 0 Å². The van der Waals surface area contributed by atoms with Gasteiger partial charge in [-0.15, -0.1) is 0 Å². The summed E-state index contributed by atoms with van der Waals surface area (Å²) < 4.78 is 0. The van der Waals surface area contributed by atoms with Gasteiger partial charge >= 0.3 is 0 Å². The lowest BCUT2D eigenvalue weighted by atomic mass is 9.71. The molecule has 2 aliphatic heterocycles. The average Bonchev–Trinajstić information content (AvgIpc) is 2.91. The highest BCUT2D eigenvalue weighted by molar-refractivity contribution is 4.96. The van der Waals surface area contributed by atoms with Crippen LogP contribution in [0.2, 0.25) is 0 Å². The van der Waals surface area contributed by atoms with Gasteiger partial charge in [0.05, 0.1) is 0 Å². The number of nitrogens with one attached hydrogen (secondary N) is 1. The molecule has 0 aromatic rings. The van der Waals surface area contributed by atoms with Crippen LogP contribution in [-0.2, 0) is 0 Å². The molecule has 2 heteroatoms. The van der Waals surface area contributed by atoms with Crippen LogP contribution in [0, 0.1) is 5.41 Å². The average molecular weight is 290 g/mol. The van der Waals surface area contributed by atoms with Gasteiger partial charge in [0.1, 0.15) is 0 Å². The first-order valence-corrected chi connectivity index (χ1v) is 9.72. The number of piperidine rings is 2. The van der Waals surface area contributed by atoms with Crippen LogP contribution in [0.3, 0.4) is 0 Å². The smallest absolute Gasteiger partial charge is 0.0110 e. The fourth-order valence-corrected chi connectivity index (χ4v) is 6.11. The van der Waals surface area contributed by atoms with E-state index in [2.05, 4.69) is 17.3 Å². The Morgan fingerprint density at radius 2 is 1.38 bits per heavy atom. The Balaban J connectivity index is 1.29. The monoisotopic (exact) mass is 290 g/mol. The van der Waals surface area contributed by atoms with Crippen molar-refractivity contribution in [3.63, 3.8) is 0 Å². The van der Waals surface area contributed by atoms with Gasteiger partial charge in [0.2, 0.25) is 0 Å². The van der Waals surface area contributed by atoms with E-state index in [-0.39, 0.29) is 0 Å². The minimum Gasteiger partial charge on any atom is -0.311 e. The van der Waals surface area contributed by atoms with Crippen LogP contribution in [0.15, 0.2) is 0 Å². The summed E-state index contributed by atoms with van der Waals surface area (Å²) in [6, 6.07) is 3.41. The molecule has 2 bridgehead atoms. The number of hydrogen-bond acceptors (Lipinski definition) is 2. The molecule has 4 aliphatic rings. The predicted octanol–water partition coefficient (Wildman–Crippen LogP) is 4.09. The van der Waals surface area contributed by atoms with E-state index < -0.39 is 0 Å². The molecule has 21 heavy (non-hydrogen) atoms. The molecule has 4 fully saturated rings. The third-order valence-corrected chi connectivity index (χ3v) is 7.52. The first-order chi connectivity index (χ1) is 10.2. The molecule has 1 N–H and O–H groups in total. The Labute approximate surface area is 131 Å². The maximum Gasteiger partial charge on any atom is 0.0110 e. The van der Waals surface area contributed by atoms with Gasteiger partial charge in [-0.3, -0.25) is 0 Å². The Hall–Kier alpha value is -0.0800. The molecule has 2 heterocycles. The molecule has 1 spiro atoms. The molecule has 0 aromatic heterocycles. The minimum absolute atomic E-state index is 0.793. The second kappa shape index (κ2) is 5.85. The zero-order valence-electron chi connectivity index (χ0n) is 13.9. The number of nitrogens with zero attached hydrogens (tertiary/aromatic N) is 1. The molecule has 120 valence electrons. The first-order valence-electron chi connectivity index (χ1n) is 9.72. The lowest BCUT2D eigenvalue weighted by molar-refractivity contribution is 0.0416. The topological polar surface area (TPSA) is 15.3 Å². The van der Waals surface area contributed by atoms with Crippen LogP contribution in [0.1, 0.15) is 83.5 Å². The van der Waals surface area contributed by atoms with E-state index in [1.807, 2.05) is 0 Å². The van der Waals surface area contributed by atoms with E-state index in [1.54, 1.807) is 0 Å². The summed E-state index contributed by atoms with van der Waals surface area (Å²) in [5.41, 5.74) is 0.793. The van der Waals surface area contributed by atoms with Crippen LogP contribution < -0.4 is 5.32 Å². The van der Waals surface area contributed by atoms with Crippen molar-refractivity contribution in [2.45, 2.75) is 108 Å². The van der Waals surface area contributed by atoms with Crippen molar-refractivity contribution in [3.8, 4) is 0 Å². The second-order valence-corrected chi connectivity index (χ2v) is 8.72. The van der Waals surface area contributed by atoms with E-state index in [0.717, 1.165) is 29.6 Å². The fraction of sp³-hybridized carbons (Fsp3) is 1.00. The summed E-state index contributed by atoms with van der Waals surface area (Å²) in [7, 11) is 2.37. The van der Waals surface area contributed by atoms with Crippen LogP contribution >= 0.6 is 0 Å². The van der Waals surface area contributed by atoms with Crippen LogP contribution in [-0.4, -0.2) is 36.1 Å². The molecule has 2 unspecified atom stereocenters. The molecule has 2 saturated heterocycles. The van der Waals surface area contributed by atoms with Crippen molar-refractivity contribution in [1.82, 2.24) is 10.2 Å². The van der Waals surface area contributed by atoms with Crippen molar-refractivity contribution < 1.29 is 0 Å². The molecular weight excluding hydrogens is 256 g/mol. The van der Waals surface area contributed by atoms with E-state index in [4.69, 9.17) is 0 Å². The lowest BCUT2D eigenvalue weighted by Gasteiger charge is -2.48. The number of rotatable bonds is 2. The highest BCUT2D eigenvalue weighted by Crippen LogP contribution is 2.49. The molecule has 0 amide bonds. The maximum atomic E-state index is 4.09. The van der Waals surface area contributed by atoms with Gasteiger partial charge in [-0.2, -0.15) is 0 Å². The predicted molar refractivity (Wildman–Crippen MR) is 88.5 cm³/mol. The standard InChI is InChI=1S/C19H34N2/c1-21-17-5-4-6-18(21)14-16(13-17)20-15-7-11-19(12-8-15)9-2-3-10-19/h15-18,20H,2-14H2,1H3. The SMILES string of the molecule is CN1C2CCCC1CC(NC1CCC3(CCCC3)CC1)C2. The van der Waals surface area contributed by atoms with Gasteiger partial charge in [-0.1, -0.05) is 19.3 Å². The molecule has 0 radical (unpaired) electrons. The van der Waals surface area contributed by atoms with Gasteiger partial charge in [0.25, 0.3) is 0 Å². The van der Waals surface area contributed by atoms with Crippen LogP contribution in [0.25, 0.3) is 0 Å². The molecule has 4 rings (SSSR count). The summed E-state index contributed by atoms with van der Waals surface area (Å²) in [5, 5.41) is 4.09. The normalized spacial score (nSPS) is 40.7. The summed E-state index contributed by atoms with van der Waals surface area (Å²) in [6.07, 6.45) is 19.2. The molecular formula is C19H34N2. The van der Waals surface area contributed by atoms with Crippen molar-refractivity contribution in [2.75, 3.05) is 7.05 Å². The lowest BCUT2D eigenvalue weighted by Crippen LogP contribution is -2.56. The largest absolute Gasteiger partial charge is 0.311 e. The zero-order valence-corrected chi connectivity index (χ0v) is 13.9. The van der Waals surface area contributed by atoms with Crippen LogP contribution in [0.5, 0.6) is 0 Å². The molecule has 2 nitrogen and oxygen atoms in total. The number of hydrogen-bond donors (Lipinski definition) is 1. The Morgan fingerprint density at radius 3 is 2.00 bits per heavy atom. The van der Waals surface area contributed by atoms with Gasteiger partial charge in [-0.25, -0.2) is 0 Å². The summed E-state index contributed by atoms with van der Waals surface area (Å²) in [5.74, 6) is 0. The van der Waals surface area contributed by atoms with E-state index >= 15 is 0 Å². The third-order valence-electron chi connectivity index (χ3n) is 7.52. The van der Waals surface area contributed by atoms with Crippen molar-refractivity contribution in [1.29, 1.82) is 0 Å². The third kappa shape index (κ3) is 2.91. The van der Waals surface area contributed by atoms with Gasteiger partial charge in [0.15, 0.2) is 0 Å². The van der Waals surface area contributed by atoms with Gasteiger partial charge in [0, 0.05) is 24.2 Å². The highest BCUT2D eigenvalue weighted by Gasteiger charge is 2.40. The van der Waals surface area contributed by atoms with Crippen LogP contribution in [0.4, 0.5) is 0 Å². The highest BCUT2D eigenvalue weighted by atomic mass is 15.2. The zero-order chi connectivity index (χ0) is 14.3. The van der Waals surface area contributed by atoms with Crippen molar-refractivity contribution in [3.05, 3.63) is 0 Å². The van der Waals surface area contributed by atoms with E-state index in [0.29, 0.717) is 0 Å². The van der Waals surface area contributed by atoms with Crippen molar-refractivity contribution in [2.24, 2.45) is 5.41 Å². The quantitative estimate of drug-likeness (QED) is 0.824. The first kappa shape index (κ1) is 14.5. The van der Waals surface area contributed by atoms with E-state index in [9.17, 15) is 0 Å².